The molecule has 0 spiro atoms. The molecule has 13 heavy (non-hydrogen) atoms. The molecule has 0 aromatic rings. The lowest BCUT2D eigenvalue weighted by molar-refractivity contribution is 0.478. The smallest absolute Gasteiger partial charge is 0.00879 e. The highest BCUT2D eigenvalue weighted by atomic mass is 79.9. The molecule has 1 fully saturated rings. The number of alkyl halides is 1. The van der Waals surface area contributed by atoms with Gasteiger partial charge in [0.15, 0.2) is 0 Å². The van der Waals surface area contributed by atoms with Gasteiger partial charge < -0.3 is 0 Å². The van der Waals surface area contributed by atoms with E-state index in [0.29, 0.717) is 0 Å². The van der Waals surface area contributed by atoms with E-state index in [1.807, 2.05) is 0 Å². The van der Waals surface area contributed by atoms with E-state index in [2.05, 4.69) is 22.9 Å². The minimum atomic E-state index is 0.755. The van der Waals surface area contributed by atoms with Crippen molar-refractivity contribution in [3.05, 3.63) is 0 Å². The second-order valence-electron chi connectivity index (χ2n) is 4.65. The number of hydrogen-bond acceptors (Lipinski definition) is 0. The van der Waals surface area contributed by atoms with Gasteiger partial charge in [-0.2, -0.15) is 0 Å². The molecule has 1 rings (SSSR count). The molecule has 1 aliphatic carbocycles. The van der Waals surface area contributed by atoms with E-state index in [0.717, 1.165) is 5.41 Å². The summed E-state index contributed by atoms with van der Waals surface area (Å²) < 4.78 is 0. The molecule has 0 bridgehead atoms. The maximum Gasteiger partial charge on any atom is 0.00879 e. The first-order valence-electron chi connectivity index (χ1n) is 5.89. The summed E-state index contributed by atoms with van der Waals surface area (Å²) >= 11 is 3.63. The van der Waals surface area contributed by atoms with Crippen molar-refractivity contribution in [2.24, 2.45) is 5.41 Å². The molecule has 0 radical (unpaired) electrons. The number of halogens is 1. The lowest BCUT2D eigenvalue weighted by atomic mass is 10.00. The Morgan fingerprint density at radius 2 is 1.62 bits per heavy atom. The van der Waals surface area contributed by atoms with Crippen molar-refractivity contribution in [3.8, 4) is 0 Å². The summed E-state index contributed by atoms with van der Waals surface area (Å²) in [5, 5.41) is 1.25. The van der Waals surface area contributed by atoms with Crippen LogP contribution < -0.4 is 0 Å². The Morgan fingerprint density at radius 1 is 1.00 bits per heavy atom. The topological polar surface area (TPSA) is 0 Å². The van der Waals surface area contributed by atoms with Crippen LogP contribution in [-0.4, -0.2) is 5.33 Å². The molecule has 0 aromatic carbocycles. The summed E-state index contributed by atoms with van der Waals surface area (Å²) in [5.74, 6) is 0. The van der Waals surface area contributed by atoms with E-state index in [1.54, 1.807) is 0 Å². The quantitative estimate of drug-likeness (QED) is 0.422. The number of hydrogen-bond donors (Lipinski definition) is 0. The highest BCUT2D eigenvalue weighted by molar-refractivity contribution is 9.09. The maximum atomic E-state index is 3.63. The Hall–Kier alpha value is 0.480. The van der Waals surface area contributed by atoms with Crippen molar-refractivity contribution in [2.45, 2.75) is 64.7 Å². The van der Waals surface area contributed by atoms with E-state index in [-0.39, 0.29) is 0 Å². The molecule has 0 nitrogen and oxygen atoms in total. The zero-order valence-corrected chi connectivity index (χ0v) is 10.5. The molecule has 0 N–H and O–H groups in total. The Morgan fingerprint density at radius 3 is 2.15 bits per heavy atom. The van der Waals surface area contributed by atoms with Crippen molar-refractivity contribution in [1.82, 2.24) is 0 Å². The predicted octanol–water partition coefficient (Wildman–Crippen LogP) is 4.91. The van der Waals surface area contributed by atoms with Crippen LogP contribution in [0.2, 0.25) is 0 Å². The van der Waals surface area contributed by atoms with E-state index in [4.69, 9.17) is 0 Å². The van der Waals surface area contributed by atoms with Crippen LogP contribution in [0, 0.1) is 5.41 Å². The third-order valence-corrected chi connectivity index (χ3v) is 4.49. The van der Waals surface area contributed by atoms with Crippen molar-refractivity contribution >= 4 is 15.9 Å². The maximum absolute atomic E-state index is 3.63. The van der Waals surface area contributed by atoms with Crippen LogP contribution in [0.15, 0.2) is 0 Å². The van der Waals surface area contributed by atoms with Crippen LogP contribution in [0.1, 0.15) is 64.7 Å². The van der Waals surface area contributed by atoms with Gasteiger partial charge in [-0.15, -0.1) is 0 Å². The molecule has 0 saturated heterocycles. The van der Waals surface area contributed by atoms with Gasteiger partial charge in [0.1, 0.15) is 0 Å². The van der Waals surface area contributed by atoms with Gasteiger partial charge in [-0.3, -0.25) is 0 Å². The van der Waals surface area contributed by atoms with Crippen LogP contribution in [0.25, 0.3) is 0 Å². The highest BCUT2D eigenvalue weighted by Crippen LogP contribution is 2.51. The van der Waals surface area contributed by atoms with E-state index in [9.17, 15) is 0 Å². The van der Waals surface area contributed by atoms with Crippen LogP contribution in [0.5, 0.6) is 0 Å². The molecule has 1 saturated carbocycles. The van der Waals surface area contributed by atoms with Crippen LogP contribution in [-0.2, 0) is 0 Å². The Kier molecular flexibility index (Phi) is 5.38. The van der Waals surface area contributed by atoms with E-state index >= 15 is 0 Å². The van der Waals surface area contributed by atoms with Crippen LogP contribution in [0.3, 0.4) is 0 Å². The molecule has 0 heterocycles. The number of rotatable bonds is 8. The monoisotopic (exact) mass is 246 g/mol. The van der Waals surface area contributed by atoms with Gasteiger partial charge in [-0.05, 0) is 24.7 Å². The lowest BCUT2D eigenvalue weighted by Gasteiger charge is -2.10. The fraction of sp³-hybridized carbons (Fsp3) is 1.00. The molecule has 0 unspecified atom stereocenters. The van der Waals surface area contributed by atoms with Gasteiger partial charge in [0, 0.05) is 5.33 Å². The minimum absolute atomic E-state index is 0.755. The first-order valence-corrected chi connectivity index (χ1v) is 7.01. The average Bonchev–Trinajstić information content (AvgIpc) is 2.92. The SMILES string of the molecule is CCCCCCCCC1(CBr)CC1. The molecular weight excluding hydrogens is 224 g/mol. The summed E-state index contributed by atoms with van der Waals surface area (Å²) in [6.07, 6.45) is 13.1. The fourth-order valence-corrected chi connectivity index (χ4v) is 2.75. The van der Waals surface area contributed by atoms with Crippen molar-refractivity contribution in [3.63, 3.8) is 0 Å². The summed E-state index contributed by atoms with van der Waals surface area (Å²) in [7, 11) is 0. The van der Waals surface area contributed by atoms with Crippen LogP contribution >= 0.6 is 15.9 Å². The summed E-state index contributed by atoms with van der Waals surface area (Å²) in [4.78, 5) is 0. The van der Waals surface area contributed by atoms with Gasteiger partial charge in [0.25, 0.3) is 0 Å². The van der Waals surface area contributed by atoms with Gasteiger partial charge in [-0.25, -0.2) is 0 Å². The molecule has 0 amide bonds. The summed E-state index contributed by atoms with van der Waals surface area (Å²) in [6.45, 7) is 2.28. The Labute approximate surface area is 91.6 Å². The molecular formula is C12H23Br. The summed E-state index contributed by atoms with van der Waals surface area (Å²) in [5.41, 5.74) is 0.755. The summed E-state index contributed by atoms with van der Waals surface area (Å²) in [6, 6.07) is 0. The highest BCUT2D eigenvalue weighted by Gasteiger charge is 2.40. The second-order valence-corrected chi connectivity index (χ2v) is 5.21. The third kappa shape index (κ3) is 4.49. The van der Waals surface area contributed by atoms with Crippen molar-refractivity contribution in [2.75, 3.05) is 5.33 Å². The molecule has 0 aliphatic heterocycles. The van der Waals surface area contributed by atoms with Gasteiger partial charge in [0.2, 0.25) is 0 Å². The lowest BCUT2D eigenvalue weighted by Crippen LogP contribution is -2.00. The molecule has 1 aliphatic rings. The Balaban J connectivity index is 1.84. The third-order valence-electron chi connectivity index (χ3n) is 3.30. The normalized spacial score (nSPS) is 18.9. The van der Waals surface area contributed by atoms with Gasteiger partial charge >= 0.3 is 0 Å². The Bertz CT molecular complexity index is 127. The minimum Gasteiger partial charge on any atom is -0.0922 e. The first kappa shape index (κ1) is 11.6. The van der Waals surface area contributed by atoms with Gasteiger partial charge in [0.05, 0.1) is 0 Å². The van der Waals surface area contributed by atoms with Crippen molar-refractivity contribution in [1.29, 1.82) is 0 Å². The fourth-order valence-electron chi connectivity index (χ4n) is 1.91. The molecule has 1 heteroatoms. The molecule has 0 aromatic heterocycles. The van der Waals surface area contributed by atoms with Gasteiger partial charge in [-0.1, -0.05) is 61.4 Å². The molecule has 78 valence electrons. The van der Waals surface area contributed by atoms with Crippen LogP contribution in [0.4, 0.5) is 0 Å². The van der Waals surface area contributed by atoms with E-state index < -0.39 is 0 Å². The largest absolute Gasteiger partial charge is 0.0922 e. The predicted molar refractivity (Wildman–Crippen MR) is 63.5 cm³/mol. The number of unbranched alkanes of at least 4 members (excludes halogenated alkanes) is 5. The average molecular weight is 247 g/mol. The van der Waals surface area contributed by atoms with E-state index in [1.165, 1.54) is 63.1 Å². The second kappa shape index (κ2) is 6.06. The van der Waals surface area contributed by atoms with Crippen molar-refractivity contribution < 1.29 is 0 Å². The standard InChI is InChI=1S/C12H23Br/c1-2-3-4-5-6-7-8-12(11-13)9-10-12/h2-11H2,1H3. The zero-order valence-electron chi connectivity index (χ0n) is 8.95. The zero-order chi connectivity index (χ0) is 9.57. The first-order chi connectivity index (χ1) is 6.33. The molecule has 0 atom stereocenters.